The molecule has 6 N–H and O–H groups in total. The Morgan fingerprint density at radius 1 is 0.886 bits per heavy atom. The van der Waals surface area contributed by atoms with E-state index in [0.29, 0.717) is 32.9 Å². The fourth-order valence-electron chi connectivity index (χ4n) is 3.84. The third kappa shape index (κ3) is 4.08. The van der Waals surface area contributed by atoms with E-state index in [1.165, 1.54) is 23.1 Å². The summed E-state index contributed by atoms with van der Waals surface area (Å²) < 4.78 is 0. The first-order valence-corrected chi connectivity index (χ1v) is 11.4. The van der Waals surface area contributed by atoms with E-state index < -0.39 is 0 Å². The van der Waals surface area contributed by atoms with E-state index >= 15 is 0 Å². The van der Waals surface area contributed by atoms with E-state index in [4.69, 9.17) is 37.6 Å². The number of rotatable bonds is 1. The average Bonchev–Trinajstić information content (AvgIpc) is 3.53. The van der Waals surface area contributed by atoms with Crippen LogP contribution in [-0.4, -0.2) is 33.4 Å². The second-order valence-electron chi connectivity index (χ2n) is 7.24. The number of amidine groups is 4. The first kappa shape index (κ1) is 24.8. The largest absolute Gasteiger partial charge is 2.00 e. The predicted octanol–water partition coefficient (Wildman–Crippen LogP) is 1.18. The number of hydrogen-bond donors (Lipinski definition) is 3. The molecule has 4 heterocycles. The summed E-state index contributed by atoms with van der Waals surface area (Å²) in [6.45, 7) is 0. The molecule has 6 rings (SSSR count). The monoisotopic (exact) mass is 561 g/mol. The summed E-state index contributed by atoms with van der Waals surface area (Å²) in [5, 5.41) is 8.11. The van der Waals surface area contributed by atoms with E-state index in [-0.39, 0.29) is 50.9 Å². The van der Waals surface area contributed by atoms with Gasteiger partial charge in [-0.3, -0.25) is 5.41 Å². The van der Waals surface area contributed by atoms with Gasteiger partial charge >= 0.3 is 16.5 Å². The zero-order valence-electron chi connectivity index (χ0n) is 17.5. The molecule has 0 amide bonds. The van der Waals surface area contributed by atoms with Gasteiger partial charge in [0.2, 0.25) is 0 Å². The van der Waals surface area contributed by atoms with Crippen LogP contribution in [0.15, 0.2) is 73.4 Å². The van der Waals surface area contributed by atoms with Gasteiger partial charge in [-0.25, -0.2) is 20.0 Å². The van der Waals surface area contributed by atoms with E-state index in [2.05, 4.69) is 9.98 Å². The van der Waals surface area contributed by atoms with Crippen LogP contribution in [0.4, 0.5) is 10.9 Å². The molecule has 0 fully saturated rings. The van der Waals surface area contributed by atoms with Crippen LogP contribution in [0.2, 0.25) is 0 Å². The van der Waals surface area contributed by atoms with Crippen LogP contribution >= 0.6 is 23.1 Å². The molecule has 0 unspecified atom stereocenters. The molecule has 0 aliphatic carbocycles. The number of benzene rings is 2. The van der Waals surface area contributed by atoms with Gasteiger partial charge < -0.3 is 34.6 Å². The number of nitrogen functional groups attached to an aromatic ring is 1. The minimum absolute atomic E-state index is 0. The van der Waals surface area contributed by atoms with Crippen molar-refractivity contribution < 1.29 is 28.9 Å². The fourth-order valence-corrected chi connectivity index (χ4v) is 5.32. The van der Waals surface area contributed by atoms with Gasteiger partial charge in [0.05, 0.1) is 21.2 Å². The SMILES string of the molecule is N=C1N=C(N)C(=C2N=C(N=C3N=C(c4sc([NH-])nc4N)c4ccccc43)c3ccccc32)S1.[Cl-].[Ni+2]. The van der Waals surface area contributed by atoms with Gasteiger partial charge in [0.1, 0.15) is 5.84 Å². The van der Waals surface area contributed by atoms with E-state index in [1.807, 2.05) is 48.5 Å². The molecule has 3 aliphatic heterocycles. The molecule has 3 aromatic rings. The summed E-state index contributed by atoms with van der Waals surface area (Å²) in [4.78, 5) is 23.7. The van der Waals surface area contributed by atoms with Crippen LogP contribution in [-0.2, 0) is 16.5 Å². The minimum Gasteiger partial charge on any atom is -1.00 e. The molecule has 0 radical (unpaired) electrons. The number of aromatic nitrogens is 1. The summed E-state index contributed by atoms with van der Waals surface area (Å²) in [5.74, 6) is 1.58. The number of aliphatic imine (C=N–C) groups is 4. The number of thiazole rings is 1. The molecule has 13 heteroatoms. The van der Waals surface area contributed by atoms with Gasteiger partial charge in [0.15, 0.2) is 16.8 Å². The maximum absolute atomic E-state index is 7.83. The fraction of sp³-hybridized carbons (Fsp3) is 0. The number of halogens is 1. The summed E-state index contributed by atoms with van der Waals surface area (Å²) in [7, 11) is 0. The van der Waals surface area contributed by atoms with E-state index in [0.717, 1.165) is 22.3 Å². The van der Waals surface area contributed by atoms with Gasteiger partial charge in [-0.2, -0.15) is 0 Å². The van der Waals surface area contributed by atoms with Crippen molar-refractivity contribution in [3.05, 3.63) is 86.3 Å². The van der Waals surface area contributed by atoms with Gasteiger partial charge in [0.25, 0.3) is 0 Å². The molecule has 0 saturated heterocycles. The molecule has 0 spiro atoms. The Labute approximate surface area is 224 Å². The summed E-state index contributed by atoms with van der Waals surface area (Å²) >= 11 is 2.37. The number of nitrogens with zero attached hydrogens (tertiary/aromatic N) is 5. The van der Waals surface area contributed by atoms with Crippen molar-refractivity contribution in [3.63, 3.8) is 0 Å². The predicted molar refractivity (Wildman–Crippen MR) is 136 cm³/mol. The maximum Gasteiger partial charge on any atom is 2.00 e. The Morgan fingerprint density at radius 3 is 2.17 bits per heavy atom. The van der Waals surface area contributed by atoms with Gasteiger partial charge in [0, 0.05) is 28.1 Å². The number of nitrogens with one attached hydrogen (secondary N) is 2. The summed E-state index contributed by atoms with van der Waals surface area (Å²) in [5.41, 5.74) is 24.7. The van der Waals surface area contributed by atoms with Crippen molar-refractivity contribution in [3.8, 4) is 0 Å². The normalized spacial score (nSPS) is 18.9. The van der Waals surface area contributed by atoms with Crippen molar-refractivity contribution >= 4 is 68.1 Å². The molecule has 176 valence electrons. The molecule has 1 aromatic heterocycles. The minimum atomic E-state index is 0. The number of nitrogens with two attached hydrogens (primary N) is 2. The smallest absolute Gasteiger partial charge is 1.00 e. The molecule has 2 aromatic carbocycles. The second kappa shape index (κ2) is 9.39. The first-order valence-electron chi connectivity index (χ1n) is 9.78. The molecule has 9 nitrogen and oxygen atoms in total. The molecular weight excluding hydrogens is 549 g/mol. The molecule has 35 heavy (non-hydrogen) atoms. The van der Waals surface area contributed by atoms with Crippen molar-refractivity contribution in [2.75, 3.05) is 5.73 Å². The third-order valence-electron chi connectivity index (χ3n) is 5.23. The summed E-state index contributed by atoms with van der Waals surface area (Å²) in [6.07, 6.45) is 0. The van der Waals surface area contributed by atoms with Gasteiger partial charge in [-0.1, -0.05) is 48.5 Å². The molecular formula is C22H14ClN9NiS2. The third-order valence-corrected chi connectivity index (χ3v) is 7.01. The summed E-state index contributed by atoms with van der Waals surface area (Å²) in [6, 6.07) is 15.5. The Balaban J connectivity index is 0.00000144. The number of thioether (sulfide) groups is 1. The second-order valence-corrected chi connectivity index (χ2v) is 9.24. The molecule has 0 atom stereocenters. The van der Waals surface area contributed by atoms with E-state index in [1.54, 1.807) is 0 Å². The zero-order valence-corrected chi connectivity index (χ0v) is 20.9. The topological polar surface area (TPSA) is 162 Å². The average molecular weight is 563 g/mol. The number of anilines is 1. The van der Waals surface area contributed by atoms with Gasteiger partial charge in [-0.15, -0.1) is 11.3 Å². The first-order chi connectivity index (χ1) is 16.0. The molecule has 0 saturated carbocycles. The van der Waals surface area contributed by atoms with Crippen LogP contribution in [0.5, 0.6) is 0 Å². The van der Waals surface area contributed by atoms with Crippen LogP contribution in [0.1, 0.15) is 27.1 Å². The Hall–Kier alpha value is -3.31. The molecule has 3 aliphatic rings. The van der Waals surface area contributed by atoms with Crippen molar-refractivity contribution in [2.24, 2.45) is 25.7 Å². The Kier molecular flexibility index (Phi) is 6.65. The zero-order chi connectivity index (χ0) is 22.7. The van der Waals surface area contributed by atoms with Crippen LogP contribution in [0, 0.1) is 5.41 Å². The number of fused-ring (bicyclic) bond motifs is 2. The maximum atomic E-state index is 7.83. The van der Waals surface area contributed by atoms with Crippen molar-refractivity contribution in [2.45, 2.75) is 0 Å². The Morgan fingerprint density at radius 2 is 1.54 bits per heavy atom. The quantitative estimate of drug-likeness (QED) is 0.380. The Bertz CT molecular complexity index is 1550. The standard InChI is InChI=1S/C22H14N9S2.ClH.Ni/c23-17-15(32-21(25)29-17)13-9-5-1-3-7-11(9)19(27-13)31-20-12-8-4-2-6-10(12)14(28-20)16-18(24)30-22(26)33-16;;/h1-8H,23H2,(H4-,24,25,26,29,30);1H;/q-1;;+2/p-1. The van der Waals surface area contributed by atoms with Crippen LogP contribution in [0.3, 0.4) is 0 Å². The van der Waals surface area contributed by atoms with Crippen LogP contribution in [0.25, 0.3) is 11.4 Å². The van der Waals surface area contributed by atoms with Crippen LogP contribution < -0.4 is 23.9 Å². The molecule has 0 bridgehead atoms. The van der Waals surface area contributed by atoms with Gasteiger partial charge in [-0.05, 0) is 16.9 Å². The van der Waals surface area contributed by atoms with Crippen molar-refractivity contribution in [1.29, 1.82) is 5.41 Å². The number of hydrogen-bond acceptors (Lipinski definition) is 8. The van der Waals surface area contributed by atoms with Crippen molar-refractivity contribution in [1.82, 2.24) is 4.98 Å². The van der Waals surface area contributed by atoms with E-state index in [9.17, 15) is 0 Å².